The van der Waals surface area contributed by atoms with Gasteiger partial charge in [0.05, 0.1) is 11.9 Å². The molecule has 3 rings (SSSR count). The van der Waals surface area contributed by atoms with Crippen LogP contribution >= 0.6 is 11.6 Å². The Morgan fingerprint density at radius 3 is 2.02 bits per heavy atom. The first kappa shape index (κ1) is 32.2. The fourth-order valence-corrected chi connectivity index (χ4v) is 5.53. The number of amides is 2. The van der Waals surface area contributed by atoms with Crippen molar-refractivity contribution in [1.82, 2.24) is 10.2 Å². The largest absolute Gasteiger partial charge is 0.352 e. The lowest BCUT2D eigenvalue weighted by Crippen LogP contribution is -2.54. The minimum atomic E-state index is -3.84. The van der Waals surface area contributed by atoms with Gasteiger partial charge in [-0.1, -0.05) is 93.0 Å². The van der Waals surface area contributed by atoms with Crippen molar-refractivity contribution < 1.29 is 18.0 Å². The Labute approximate surface area is 249 Å². The van der Waals surface area contributed by atoms with Crippen molar-refractivity contribution in [3.63, 3.8) is 0 Å². The predicted molar refractivity (Wildman–Crippen MR) is 167 cm³/mol. The molecule has 0 saturated carbocycles. The number of carbonyl (C=O) groups is 2. The highest BCUT2D eigenvalue weighted by Gasteiger charge is 2.33. The van der Waals surface area contributed by atoms with Gasteiger partial charge in [0.1, 0.15) is 12.6 Å². The van der Waals surface area contributed by atoms with Crippen LogP contribution in [0.5, 0.6) is 0 Å². The van der Waals surface area contributed by atoms with E-state index in [0.29, 0.717) is 16.3 Å². The highest BCUT2D eigenvalue weighted by Crippen LogP contribution is 2.27. The van der Waals surface area contributed by atoms with Crippen LogP contribution in [-0.2, 0) is 38.0 Å². The van der Waals surface area contributed by atoms with Gasteiger partial charge in [0, 0.05) is 24.0 Å². The quantitative estimate of drug-likeness (QED) is 0.313. The molecule has 3 aromatic rings. The smallest absolute Gasteiger partial charge is 0.244 e. The van der Waals surface area contributed by atoms with Crippen LogP contribution in [0.4, 0.5) is 5.69 Å². The van der Waals surface area contributed by atoms with Crippen molar-refractivity contribution >= 4 is 39.1 Å². The maximum Gasteiger partial charge on any atom is 0.244 e. The molecule has 41 heavy (non-hydrogen) atoms. The van der Waals surface area contributed by atoms with Gasteiger partial charge in [-0.05, 0) is 54.2 Å². The summed E-state index contributed by atoms with van der Waals surface area (Å²) in [5.74, 6) is -0.847. The average molecular weight is 598 g/mol. The zero-order chi connectivity index (χ0) is 30.4. The van der Waals surface area contributed by atoms with E-state index in [2.05, 4.69) is 26.1 Å². The lowest BCUT2D eigenvalue weighted by Gasteiger charge is -2.34. The van der Waals surface area contributed by atoms with Gasteiger partial charge in [0.15, 0.2) is 0 Å². The van der Waals surface area contributed by atoms with E-state index in [1.165, 1.54) is 4.90 Å². The van der Waals surface area contributed by atoms with E-state index in [0.717, 1.165) is 21.7 Å². The molecule has 0 fully saturated rings. The SMILES string of the molecule is CC(C)NC(=O)C(Cc1ccccc1)N(Cc1ccccc1Cl)C(=O)CN(c1ccc(C(C)(C)C)cc1)S(C)(=O)=O. The van der Waals surface area contributed by atoms with Crippen LogP contribution in [0, 0.1) is 0 Å². The van der Waals surface area contributed by atoms with E-state index in [-0.39, 0.29) is 30.3 Å². The minimum absolute atomic E-state index is 0.0298. The van der Waals surface area contributed by atoms with Crippen LogP contribution in [0.15, 0.2) is 78.9 Å². The van der Waals surface area contributed by atoms with Crippen molar-refractivity contribution in [2.45, 2.75) is 65.1 Å². The molecule has 0 saturated heterocycles. The molecular weight excluding hydrogens is 558 g/mol. The van der Waals surface area contributed by atoms with Crippen LogP contribution in [0.1, 0.15) is 51.3 Å². The van der Waals surface area contributed by atoms with E-state index in [1.54, 1.807) is 30.3 Å². The Balaban J connectivity index is 2.06. The summed E-state index contributed by atoms with van der Waals surface area (Å²) in [6.45, 7) is 9.47. The molecule has 2 amide bonds. The number of hydrogen-bond donors (Lipinski definition) is 1. The number of nitrogens with one attached hydrogen (secondary N) is 1. The first-order chi connectivity index (χ1) is 19.2. The van der Waals surface area contributed by atoms with Gasteiger partial charge in [-0.3, -0.25) is 13.9 Å². The maximum absolute atomic E-state index is 14.1. The molecule has 9 heteroatoms. The number of benzene rings is 3. The predicted octanol–water partition coefficient (Wildman–Crippen LogP) is 5.57. The molecule has 1 N–H and O–H groups in total. The molecule has 0 radical (unpaired) electrons. The van der Waals surface area contributed by atoms with Gasteiger partial charge in [0.2, 0.25) is 21.8 Å². The van der Waals surface area contributed by atoms with Gasteiger partial charge in [-0.2, -0.15) is 0 Å². The molecule has 1 unspecified atom stereocenters. The maximum atomic E-state index is 14.1. The van der Waals surface area contributed by atoms with Crippen molar-refractivity contribution in [2.24, 2.45) is 0 Å². The molecule has 0 aromatic heterocycles. The second kappa shape index (κ2) is 13.5. The fraction of sp³-hybridized carbons (Fsp3) is 0.375. The zero-order valence-electron chi connectivity index (χ0n) is 24.6. The standard InChI is InChI=1S/C32H40ClN3O4S/c1-23(2)34-31(38)29(20-24-12-8-7-9-13-24)35(21-25-14-10-11-15-28(25)33)30(37)22-36(41(6,39)40)27-18-16-26(17-19-27)32(3,4)5/h7-19,23,29H,20-22H2,1-6H3,(H,34,38). The third-order valence-corrected chi connectivity index (χ3v) is 8.21. The third kappa shape index (κ3) is 9.07. The van der Waals surface area contributed by atoms with E-state index in [9.17, 15) is 18.0 Å². The van der Waals surface area contributed by atoms with Gasteiger partial charge < -0.3 is 10.2 Å². The lowest BCUT2D eigenvalue weighted by molar-refractivity contribution is -0.140. The molecule has 3 aromatic carbocycles. The van der Waals surface area contributed by atoms with Crippen LogP contribution in [0.25, 0.3) is 0 Å². The summed E-state index contributed by atoms with van der Waals surface area (Å²) in [6.07, 6.45) is 1.32. The van der Waals surface area contributed by atoms with E-state index >= 15 is 0 Å². The van der Waals surface area contributed by atoms with Crippen LogP contribution in [-0.4, -0.2) is 50.0 Å². The van der Waals surface area contributed by atoms with E-state index in [1.807, 2.05) is 62.4 Å². The number of rotatable bonds is 11. The molecule has 7 nitrogen and oxygen atoms in total. The summed E-state index contributed by atoms with van der Waals surface area (Å²) in [7, 11) is -3.84. The van der Waals surface area contributed by atoms with Crippen molar-refractivity contribution in [3.8, 4) is 0 Å². The van der Waals surface area contributed by atoms with Crippen molar-refractivity contribution in [1.29, 1.82) is 0 Å². The topological polar surface area (TPSA) is 86.8 Å². The lowest BCUT2D eigenvalue weighted by atomic mass is 9.87. The monoisotopic (exact) mass is 597 g/mol. The molecule has 1 atom stereocenters. The number of carbonyl (C=O) groups excluding carboxylic acids is 2. The molecule has 0 aliphatic heterocycles. The average Bonchev–Trinajstić information content (AvgIpc) is 2.89. The summed E-state index contributed by atoms with van der Waals surface area (Å²) >= 11 is 6.48. The molecule has 0 aliphatic rings. The van der Waals surface area contributed by atoms with Gasteiger partial charge in [-0.25, -0.2) is 8.42 Å². The minimum Gasteiger partial charge on any atom is -0.352 e. The normalized spacial score (nSPS) is 12.6. The van der Waals surface area contributed by atoms with Gasteiger partial charge >= 0.3 is 0 Å². The third-order valence-electron chi connectivity index (χ3n) is 6.70. The van der Waals surface area contributed by atoms with Crippen LogP contribution in [0.2, 0.25) is 5.02 Å². The van der Waals surface area contributed by atoms with E-state index < -0.39 is 28.5 Å². The van der Waals surface area contributed by atoms with Crippen molar-refractivity contribution in [3.05, 3.63) is 101 Å². The summed E-state index contributed by atoms with van der Waals surface area (Å²) in [6, 6.07) is 22.6. The Morgan fingerprint density at radius 1 is 0.902 bits per heavy atom. The summed E-state index contributed by atoms with van der Waals surface area (Å²) in [5, 5.41) is 3.39. The second-order valence-electron chi connectivity index (χ2n) is 11.5. The number of nitrogens with zero attached hydrogens (tertiary/aromatic N) is 2. The molecule has 220 valence electrons. The summed E-state index contributed by atoms with van der Waals surface area (Å²) in [4.78, 5) is 29.2. The van der Waals surface area contributed by atoms with Crippen molar-refractivity contribution in [2.75, 3.05) is 17.1 Å². The fourth-order valence-electron chi connectivity index (χ4n) is 4.49. The summed E-state index contributed by atoms with van der Waals surface area (Å²) < 4.78 is 27.0. The van der Waals surface area contributed by atoms with Gasteiger partial charge in [-0.15, -0.1) is 0 Å². The van der Waals surface area contributed by atoms with Crippen LogP contribution < -0.4 is 9.62 Å². The molecular formula is C32H40ClN3O4S. The molecule has 0 bridgehead atoms. The zero-order valence-corrected chi connectivity index (χ0v) is 26.2. The Kier molecular flexibility index (Phi) is 10.6. The first-order valence-corrected chi connectivity index (χ1v) is 15.8. The highest BCUT2D eigenvalue weighted by atomic mass is 35.5. The number of sulfonamides is 1. The Morgan fingerprint density at radius 2 is 1.49 bits per heavy atom. The summed E-state index contributed by atoms with van der Waals surface area (Å²) in [5.41, 5.74) is 2.81. The van der Waals surface area contributed by atoms with E-state index in [4.69, 9.17) is 11.6 Å². The Bertz CT molecular complexity index is 1440. The highest BCUT2D eigenvalue weighted by molar-refractivity contribution is 7.92. The number of hydrogen-bond acceptors (Lipinski definition) is 4. The number of halogens is 1. The first-order valence-electron chi connectivity index (χ1n) is 13.6. The molecule has 0 aliphatic carbocycles. The molecule has 0 spiro atoms. The number of anilines is 1. The molecule has 0 heterocycles. The van der Waals surface area contributed by atoms with Gasteiger partial charge in [0.25, 0.3) is 0 Å². The second-order valence-corrected chi connectivity index (χ2v) is 13.9. The Hall–Kier alpha value is -3.36. The van der Waals surface area contributed by atoms with Crippen LogP contribution in [0.3, 0.4) is 0 Å².